The summed E-state index contributed by atoms with van der Waals surface area (Å²) in [6.07, 6.45) is 2.08. The van der Waals surface area contributed by atoms with Crippen LogP contribution < -0.4 is 4.72 Å². The number of nitrogens with one attached hydrogen (secondary N) is 1. The lowest BCUT2D eigenvalue weighted by molar-refractivity contribution is -0.131. The van der Waals surface area contributed by atoms with E-state index in [0.717, 1.165) is 6.08 Å². The normalized spacial score (nSPS) is 12.0. The van der Waals surface area contributed by atoms with Crippen LogP contribution in [0.5, 0.6) is 0 Å². The number of alkyl halides is 2. The Balaban J connectivity index is 3.08. The van der Waals surface area contributed by atoms with Gasteiger partial charge >= 0.3 is 11.7 Å². The summed E-state index contributed by atoms with van der Waals surface area (Å²) in [6, 6.07) is 4.30. The zero-order chi connectivity index (χ0) is 14.6. The fraction of sp³-hybridized carbons (Fsp3) is 0.182. The lowest BCUT2D eigenvalue weighted by Crippen LogP contribution is -2.21. The summed E-state index contributed by atoms with van der Waals surface area (Å²) >= 11 is 0. The Morgan fingerprint density at radius 1 is 1.42 bits per heavy atom. The van der Waals surface area contributed by atoms with Gasteiger partial charge in [0.25, 0.3) is 10.0 Å². The summed E-state index contributed by atoms with van der Waals surface area (Å²) in [5, 5.41) is 8.46. The van der Waals surface area contributed by atoms with Gasteiger partial charge in [0.2, 0.25) is 0 Å². The number of rotatable bonds is 5. The molecule has 0 aliphatic rings. The molecule has 5 nitrogen and oxygen atoms in total. The Kier molecular flexibility index (Phi) is 4.60. The van der Waals surface area contributed by atoms with Crippen molar-refractivity contribution in [1.29, 1.82) is 0 Å². The molecule has 2 N–H and O–H groups in total. The Labute approximate surface area is 108 Å². The fourth-order valence-corrected chi connectivity index (χ4v) is 1.83. The molecule has 0 aliphatic carbocycles. The molecule has 0 saturated carbocycles. The van der Waals surface area contributed by atoms with Crippen LogP contribution in [0.3, 0.4) is 0 Å². The number of benzene rings is 1. The molecular formula is C11H11F2NO4S. The first-order valence-corrected chi connectivity index (χ1v) is 6.58. The third-order valence-corrected chi connectivity index (χ3v) is 3.14. The van der Waals surface area contributed by atoms with E-state index in [0.29, 0.717) is 11.1 Å². The Morgan fingerprint density at radius 3 is 2.58 bits per heavy atom. The van der Waals surface area contributed by atoms with Gasteiger partial charge in [-0.1, -0.05) is 12.1 Å². The SMILES string of the molecule is Cc1ccc(/C=C/C(=O)O)cc1NS(=O)(=O)C(F)F. The van der Waals surface area contributed by atoms with E-state index in [1.165, 1.54) is 31.2 Å². The Morgan fingerprint density at radius 2 is 2.05 bits per heavy atom. The van der Waals surface area contributed by atoms with Crippen molar-refractivity contribution in [2.24, 2.45) is 0 Å². The number of carbonyl (C=O) groups is 1. The molecule has 0 amide bonds. The summed E-state index contributed by atoms with van der Waals surface area (Å²) in [7, 11) is -4.75. The van der Waals surface area contributed by atoms with E-state index in [-0.39, 0.29) is 5.69 Å². The molecule has 0 saturated heterocycles. The minimum absolute atomic E-state index is 0.0205. The number of hydrogen-bond acceptors (Lipinski definition) is 3. The van der Waals surface area contributed by atoms with Gasteiger partial charge in [-0.05, 0) is 30.2 Å². The second-order valence-corrected chi connectivity index (χ2v) is 5.30. The largest absolute Gasteiger partial charge is 0.478 e. The Bertz CT molecular complexity index is 611. The molecule has 0 unspecified atom stereocenters. The molecule has 0 bridgehead atoms. The highest BCUT2D eigenvalue weighted by Gasteiger charge is 2.24. The van der Waals surface area contributed by atoms with Crippen LogP contribution in [0.2, 0.25) is 0 Å². The van der Waals surface area contributed by atoms with Crippen LogP contribution in [0.25, 0.3) is 6.08 Å². The van der Waals surface area contributed by atoms with Crippen LogP contribution in [0.4, 0.5) is 14.5 Å². The van der Waals surface area contributed by atoms with Crippen molar-refractivity contribution in [2.45, 2.75) is 12.7 Å². The minimum Gasteiger partial charge on any atom is -0.478 e. The number of halogens is 2. The van der Waals surface area contributed by atoms with Crippen LogP contribution >= 0.6 is 0 Å². The number of sulfonamides is 1. The topological polar surface area (TPSA) is 83.5 Å². The van der Waals surface area contributed by atoms with Crippen LogP contribution in [-0.2, 0) is 14.8 Å². The molecule has 0 heterocycles. The monoisotopic (exact) mass is 291 g/mol. The second kappa shape index (κ2) is 5.79. The van der Waals surface area contributed by atoms with Gasteiger partial charge in [-0.25, -0.2) is 13.2 Å². The lowest BCUT2D eigenvalue weighted by Gasteiger charge is -2.10. The van der Waals surface area contributed by atoms with Gasteiger partial charge in [0, 0.05) is 6.08 Å². The van der Waals surface area contributed by atoms with Crippen LogP contribution in [0.15, 0.2) is 24.3 Å². The maximum Gasteiger partial charge on any atom is 0.355 e. The zero-order valence-electron chi connectivity index (χ0n) is 9.80. The molecule has 1 rings (SSSR count). The van der Waals surface area contributed by atoms with Crippen LogP contribution in [0.1, 0.15) is 11.1 Å². The van der Waals surface area contributed by atoms with Crippen molar-refractivity contribution in [3.8, 4) is 0 Å². The third-order valence-electron chi connectivity index (χ3n) is 2.17. The van der Waals surface area contributed by atoms with Crippen molar-refractivity contribution >= 4 is 27.8 Å². The number of carboxylic acid groups (broad SMARTS) is 1. The average Bonchev–Trinajstić information content (AvgIpc) is 2.29. The van der Waals surface area contributed by atoms with Crippen LogP contribution in [-0.4, -0.2) is 25.3 Å². The first-order chi connectivity index (χ1) is 8.72. The predicted octanol–water partition coefficient (Wildman–Crippen LogP) is 2.06. The van der Waals surface area contributed by atoms with Crippen molar-refractivity contribution in [3.63, 3.8) is 0 Å². The highest BCUT2D eigenvalue weighted by Crippen LogP contribution is 2.21. The van der Waals surface area contributed by atoms with Crippen molar-refractivity contribution in [3.05, 3.63) is 35.4 Å². The third kappa shape index (κ3) is 4.32. The number of aryl methyl sites for hydroxylation is 1. The number of hydrogen-bond donors (Lipinski definition) is 2. The number of aliphatic carboxylic acids is 1. The number of anilines is 1. The maximum absolute atomic E-state index is 12.2. The van der Waals surface area contributed by atoms with Crippen molar-refractivity contribution in [2.75, 3.05) is 4.72 Å². The molecule has 19 heavy (non-hydrogen) atoms. The quantitative estimate of drug-likeness (QED) is 0.813. The van der Waals surface area contributed by atoms with E-state index in [4.69, 9.17) is 5.11 Å². The van der Waals surface area contributed by atoms with Gasteiger partial charge in [0.05, 0.1) is 5.69 Å². The smallest absolute Gasteiger partial charge is 0.355 e. The summed E-state index contributed by atoms with van der Waals surface area (Å²) in [5.41, 5.74) is 0.796. The maximum atomic E-state index is 12.2. The molecule has 104 valence electrons. The molecule has 1 aromatic rings. The van der Waals surface area contributed by atoms with Gasteiger partial charge in [-0.3, -0.25) is 4.72 Å². The van der Waals surface area contributed by atoms with E-state index >= 15 is 0 Å². The van der Waals surface area contributed by atoms with Crippen LogP contribution in [0, 0.1) is 6.92 Å². The summed E-state index contributed by atoms with van der Waals surface area (Å²) in [6.45, 7) is 1.54. The van der Waals surface area contributed by atoms with Crippen molar-refractivity contribution in [1.82, 2.24) is 0 Å². The second-order valence-electron chi connectivity index (χ2n) is 3.65. The van der Waals surface area contributed by atoms with Gasteiger partial charge in [-0.15, -0.1) is 0 Å². The van der Waals surface area contributed by atoms with Gasteiger partial charge in [0.15, 0.2) is 0 Å². The van der Waals surface area contributed by atoms with E-state index in [9.17, 15) is 22.0 Å². The van der Waals surface area contributed by atoms with Gasteiger partial charge < -0.3 is 5.11 Å². The summed E-state index contributed by atoms with van der Waals surface area (Å²) < 4.78 is 48.4. The zero-order valence-corrected chi connectivity index (χ0v) is 10.6. The first kappa shape index (κ1) is 15.1. The standard InChI is InChI=1S/C11H11F2NO4S/c1-7-2-3-8(4-5-10(15)16)6-9(7)14-19(17,18)11(12)13/h2-6,11,14H,1H3,(H,15,16)/b5-4+. The summed E-state index contributed by atoms with van der Waals surface area (Å²) in [5.74, 6) is -4.71. The highest BCUT2D eigenvalue weighted by molar-refractivity contribution is 7.93. The number of carboxylic acids is 1. The molecule has 0 aromatic heterocycles. The molecule has 1 aromatic carbocycles. The highest BCUT2D eigenvalue weighted by atomic mass is 32.2. The molecule has 0 aliphatic heterocycles. The molecule has 0 spiro atoms. The minimum atomic E-state index is -4.75. The fourth-order valence-electron chi connectivity index (χ4n) is 1.22. The predicted molar refractivity (Wildman–Crippen MR) is 66.4 cm³/mol. The Hall–Kier alpha value is -1.96. The molecular weight excluding hydrogens is 280 g/mol. The average molecular weight is 291 g/mol. The van der Waals surface area contributed by atoms with E-state index < -0.39 is 21.8 Å². The van der Waals surface area contributed by atoms with Gasteiger partial charge in [0.1, 0.15) is 0 Å². The van der Waals surface area contributed by atoms with E-state index in [1.807, 2.05) is 0 Å². The molecule has 0 radical (unpaired) electrons. The summed E-state index contributed by atoms with van der Waals surface area (Å²) in [4.78, 5) is 10.3. The van der Waals surface area contributed by atoms with Gasteiger partial charge in [-0.2, -0.15) is 8.78 Å². The molecule has 0 atom stereocenters. The first-order valence-electron chi connectivity index (χ1n) is 5.04. The van der Waals surface area contributed by atoms with E-state index in [1.54, 1.807) is 4.72 Å². The van der Waals surface area contributed by atoms with Crippen molar-refractivity contribution < 1.29 is 27.1 Å². The lowest BCUT2D eigenvalue weighted by atomic mass is 10.1. The van der Waals surface area contributed by atoms with E-state index in [2.05, 4.69) is 0 Å². The molecule has 0 fully saturated rings. The molecule has 8 heteroatoms.